The molecule has 3 aromatic heterocycles. The van der Waals surface area contributed by atoms with Crippen LogP contribution in [-0.2, 0) is 0 Å². The summed E-state index contributed by atoms with van der Waals surface area (Å²) in [5.74, 6) is 0.932. The van der Waals surface area contributed by atoms with Crippen molar-refractivity contribution in [2.45, 2.75) is 6.04 Å². The Morgan fingerprint density at radius 2 is 2.24 bits per heavy atom. The number of nitrogens with one attached hydrogen (secondary N) is 1. The van der Waals surface area contributed by atoms with Crippen molar-refractivity contribution in [2.24, 2.45) is 0 Å². The van der Waals surface area contributed by atoms with Gasteiger partial charge >= 0.3 is 0 Å². The maximum Gasteiger partial charge on any atom is 0.140 e. The van der Waals surface area contributed by atoms with Gasteiger partial charge in [0, 0.05) is 14.3 Å². The molecule has 0 bridgehead atoms. The molecule has 0 saturated heterocycles. The predicted octanol–water partition coefficient (Wildman–Crippen LogP) is 4.63. The van der Waals surface area contributed by atoms with Gasteiger partial charge in [0.05, 0.1) is 10.7 Å². The van der Waals surface area contributed by atoms with Gasteiger partial charge in [-0.2, -0.15) is 0 Å². The highest BCUT2D eigenvalue weighted by atomic mass is 79.9. The number of thiophene rings is 2. The Balaban J connectivity index is 2.06. The zero-order valence-corrected chi connectivity index (χ0v) is 12.3. The molecule has 1 unspecified atom stereocenters. The number of fused-ring (bicyclic) bond motifs is 1. The quantitative estimate of drug-likeness (QED) is 0.758. The lowest BCUT2D eigenvalue weighted by atomic mass is 10.2. The molecular formula is C12H10BrNOS2. The molecule has 17 heavy (non-hydrogen) atoms. The highest BCUT2D eigenvalue weighted by Gasteiger charge is 2.20. The molecule has 0 aliphatic carbocycles. The smallest absolute Gasteiger partial charge is 0.140 e. The fraction of sp³-hybridized carbons (Fsp3) is 0.167. The van der Waals surface area contributed by atoms with Crippen LogP contribution in [0.15, 0.2) is 38.7 Å². The van der Waals surface area contributed by atoms with Crippen LogP contribution in [-0.4, -0.2) is 7.05 Å². The first kappa shape index (κ1) is 11.5. The van der Waals surface area contributed by atoms with Gasteiger partial charge in [0.15, 0.2) is 0 Å². The van der Waals surface area contributed by atoms with E-state index in [4.69, 9.17) is 4.42 Å². The lowest BCUT2D eigenvalue weighted by Gasteiger charge is -2.11. The molecule has 0 fully saturated rings. The van der Waals surface area contributed by atoms with Crippen LogP contribution in [0.4, 0.5) is 0 Å². The summed E-state index contributed by atoms with van der Waals surface area (Å²) in [5.41, 5.74) is 0. The lowest BCUT2D eigenvalue weighted by Crippen LogP contribution is -2.16. The Morgan fingerprint density at radius 3 is 2.88 bits per heavy atom. The summed E-state index contributed by atoms with van der Waals surface area (Å²) < 4.78 is 9.23. The van der Waals surface area contributed by atoms with Gasteiger partial charge in [-0.15, -0.1) is 22.7 Å². The molecular weight excluding hydrogens is 318 g/mol. The molecule has 0 aliphatic heterocycles. The highest BCUT2D eigenvalue weighted by molar-refractivity contribution is 9.10. The Morgan fingerprint density at radius 1 is 1.35 bits per heavy atom. The van der Waals surface area contributed by atoms with Gasteiger partial charge in [-0.25, -0.2) is 0 Å². The number of furan rings is 1. The third-order valence-corrected chi connectivity index (χ3v) is 5.45. The number of hydrogen-bond donors (Lipinski definition) is 1. The van der Waals surface area contributed by atoms with E-state index in [1.165, 1.54) is 14.3 Å². The second-order valence-electron chi connectivity index (χ2n) is 3.65. The van der Waals surface area contributed by atoms with Crippen molar-refractivity contribution in [3.8, 4) is 0 Å². The average molecular weight is 328 g/mol. The van der Waals surface area contributed by atoms with Gasteiger partial charge in [0.2, 0.25) is 0 Å². The SMILES string of the molecule is CNC(c1cc2sccc2s1)c1occc1Br. The van der Waals surface area contributed by atoms with Crippen molar-refractivity contribution in [2.75, 3.05) is 7.05 Å². The van der Waals surface area contributed by atoms with Crippen LogP contribution in [0.2, 0.25) is 0 Å². The Kier molecular flexibility index (Phi) is 3.08. The van der Waals surface area contributed by atoms with Crippen LogP contribution >= 0.6 is 38.6 Å². The zero-order valence-electron chi connectivity index (χ0n) is 9.07. The van der Waals surface area contributed by atoms with Crippen LogP contribution < -0.4 is 5.32 Å². The van der Waals surface area contributed by atoms with E-state index in [1.54, 1.807) is 17.6 Å². The molecule has 2 nitrogen and oxygen atoms in total. The molecule has 0 spiro atoms. The molecule has 3 aromatic rings. The standard InChI is InChI=1S/C12H10BrNOS2/c1-14-11(12-7(13)2-4-15-12)10-6-9-8(17-10)3-5-16-9/h2-6,11,14H,1H3. The van der Waals surface area contributed by atoms with E-state index in [-0.39, 0.29) is 6.04 Å². The molecule has 0 radical (unpaired) electrons. The summed E-state index contributed by atoms with van der Waals surface area (Å²) in [5, 5.41) is 5.43. The Hall–Kier alpha value is -0.620. The first-order valence-corrected chi connectivity index (χ1v) is 7.65. The van der Waals surface area contributed by atoms with Gasteiger partial charge in [0.1, 0.15) is 11.8 Å². The fourth-order valence-corrected chi connectivity index (χ4v) is 4.50. The molecule has 0 aromatic carbocycles. The van der Waals surface area contributed by atoms with E-state index in [0.717, 1.165) is 10.2 Å². The van der Waals surface area contributed by atoms with Crippen LogP contribution in [0.25, 0.3) is 9.40 Å². The van der Waals surface area contributed by atoms with Crippen molar-refractivity contribution < 1.29 is 4.42 Å². The first-order valence-electron chi connectivity index (χ1n) is 5.16. The van der Waals surface area contributed by atoms with E-state index < -0.39 is 0 Å². The Bertz CT molecular complexity index is 611. The molecule has 0 amide bonds. The molecule has 3 rings (SSSR count). The van der Waals surface area contributed by atoms with Crippen molar-refractivity contribution in [1.82, 2.24) is 5.32 Å². The first-order chi connectivity index (χ1) is 8.29. The highest BCUT2D eigenvalue weighted by Crippen LogP contribution is 2.37. The third-order valence-electron chi connectivity index (χ3n) is 2.64. The van der Waals surface area contributed by atoms with Crippen molar-refractivity contribution in [3.05, 3.63) is 45.0 Å². The second-order valence-corrected chi connectivity index (χ2v) is 6.57. The van der Waals surface area contributed by atoms with Gasteiger partial charge < -0.3 is 9.73 Å². The molecule has 88 valence electrons. The minimum Gasteiger partial charge on any atom is -0.466 e. The molecule has 0 saturated carbocycles. The maximum atomic E-state index is 5.54. The average Bonchev–Trinajstić information content (AvgIpc) is 2.96. The summed E-state index contributed by atoms with van der Waals surface area (Å²) >= 11 is 7.10. The van der Waals surface area contributed by atoms with Gasteiger partial charge in [0.25, 0.3) is 0 Å². The van der Waals surface area contributed by atoms with Crippen LogP contribution in [0, 0.1) is 0 Å². The minimum atomic E-state index is 0.115. The monoisotopic (exact) mass is 327 g/mol. The van der Waals surface area contributed by atoms with Gasteiger partial charge in [-0.05, 0) is 46.6 Å². The third kappa shape index (κ3) is 1.97. The summed E-state index contributed by atoms with van der Waals surface area (Å²) in [6.07, 6.45) is 1.71. The largest absolute Gasteiger partial charge is 0.466 e. The number of rotatable bonds is 3. The van der Waals surface area contributed by atoms with E-state index in [0.29, 0.717) is 0 Å². The van der Waals surface area contributed by atoms with Crippen LogP contribution in [0.3, 0.4) is 0 Å². The van der Waals surface area contributed by atoms with Crippen molar-refractivity contribution in [1.29, 1.82) is 0 Å². The lowest BCUT2D eigenvalue weighted by molar-refractivity contribution is 0.464. The summed E-state index contributed by atoms with van der Waals surface area (Å²) in [7, 11) is 1.95. The Labute approximate surface area is 115 Å². The molecule has 0 aliphatic rings. The van der Waals surface area contributed by atoms with Crippen LogP contribution in [0.1, 0.15) is 16.7 Å². The fourth-order valence-electron chi connectivity index (χ4n) is 1.84. The topological polar surface area (TPSA) is 25.2 Å². The van der Waals surface area contributed by atoms with E-state index >= 15 is 0 Å². The second kappa shape index (κ2) is 4.57. The normalized spacial score (nSPS) is 13.3. The number of hydrogen-bond acceptors (Lipinski definition) is 4. The van der Waals surface area contributed by atoms with E-state index in [1.807, 2.05) is 24.5 Å². The number of halogens is 1. The zero-order chi connectivity index (χ0) is 11.8. The molecule has 3 heterocycles. The minimum absolute atomic E-state index is 0.115. The summed E-state index contributed by atoms with van der Waals surface area (Å²) in [6, 6.07) is 6.44. The summed E-state index contributed by atoms with van der Waals surface area (Å²) in [6.45, 7) is 0. The van der Waals surface area contributed by atoms with Crippen molar-refractivity contribution in [3.63, 3.8) is 0 Å². The van der Waals surface area contributed by atoms with E-state index in [2.05, 4.69) is 38.8 Å². The summed E-state index contributed by atoms with van der Waals surface area (Å²) in [4.78, 5) is 1.28. The predicted molar refractivity (Wildman–Crippen MR) is 77.0 cm³/mol. The van der Waals surface area contributed by atoms with Crippen molar-refractivity contribution >= 4 is 48.0 Å². The molecule has 1 N–H and O–H groups in total. The van der Waals surface area contributed by atoms with Gasteiger partial charge in [-0.3, -0.25) is 0 Å². The van der Waals surface area contributed by atoms with Crippen LogP contribution in [0.5, 0.6) is 0 Å². The molecule has 1 atom stereocenters. The maximum absolute atomic E-state index is 5.54. The molecule has 5 heteroatoms. The van der Waals surface area contributed by atoms with E-state index in [9.17, 15) is 0 Å². The van der Waals surface area contributed by atoms with Gasteiger partial charge in [-0.1, -0.05) is 0 Å².